The molecule has 1 aliphatic rings. The SMILES string of the molecule is N#Cc1ccccc1CN1CCN(CC(=O)Nc2ccccc2)CC1. The Morgan fingerprint density at radius 3 is 2.32 bits per heavy atom. The second kappa shape index (κ2) is 8.43. The smallest absolute Gasteiger partial charge is 0.238 e. The van der Waals surface area contributed by atoms with Crippen LogP contribution in [0.25, 0.3) is 0 Å². The molecule has 128 valence electrons. The van der Waals surface area contributed by atoms with Crippen LogP contribution in [0.2, 0.25) is 0 Å². The van der Waals surface area contributed by atoms with Crippen LogP contribution in [-0.2, 0) is 11.3 Å². The molecule has 0 atom stereocenters. The Balaban J connectivity index is 1.46. The highest BCUT2D eigenvalue weighted by atomic mass is 16.2. The Morgan fingerprint density at radius 2 is 1.60 bits per heavy atom. The molecule has 0 bridgehead atoms. The number of amides is 1. The minimum absolute atomic E-state index is 0.0227. The van der Waals surface area contributed by atoms with Crippen molar-refractivity contribution in [3.8, 4) is 6.07 Å². The number of nitriles is 1. The molecule has 0 saturated carbocycles. The molecule has 1 fully saturated rings. The van der Waals surface area contributed by atoms with Gasteiger partial charge in [0, 0.05) is 38.4 Å². The van der Waals surface area contributed by atoms with Gasteiger partial charge in [-0.2, -0.15) is 5.26 Å². The number of piperazine rings is 1. The van der Waals surface area contributed by atoms with E-state index in [1.807, 2.05) is 54.6 Å². The van der Waals surface area contributed by atoms with E-state index in [2.05, 4.69) is 21.2 Å². The van der Waals surface area contributed by atoms with Crippen LogP contribution < -0.4 is 5.32 Å². The van der Waals surface area contributed by atoms with Crippen molar-refractivity contribution in [3.05, 3.63) is 65.7 Å². The lowest BCUT2D eigenvalue weighted by Gasteiger charge is -2.34. The van der Waals surface area contributed by atoms with Crippen molar-refractivity contribution < 1.29 is 4.79 Å². The van der Waals surface area contributed by atoms with Crippen molar-refractivity contribution in [2.45, 2.75) is 6.54 Å². The first-order chi connectivity index (χ1) is 12.2. The maximum Gasteiger partial charge on any atom is 0.238 e. The highest BCUT2D eigenvalue weighted by Crippen LogP contribution is 2.13. The van der Waals surface area contributed by atoms with Crippen molar-refractivity contribution in [2.75, 3.05) is 38.0 Å². The van der Waals surface area contributed by atoms with E-state index in [1.54, 1.807) is 0 Å². The molecule has 5 nitrogen and oxygen atoms in total. The zero-order valence-electron chi connectivity index (χ0n) is 14.2. The number of hydrogen-bond acceptors (Lipinski definition) is 4. The lowest BCUT2D eigenvalue weighted by molar-refractivity contribution is -0.117. The van der Waals surface area contributed by atoms with Crippen LogP contribution in [0.1, 0.15) is 11.1 Å². The van der Waals surface area contributed by atoms with Gasteiger partial charge < -0.3 is 5.32 Å². The van der Waals surface area contributed by atoms with Crippen LogP contribution >= 0.6 is 0 Å². The van der Waals surface area contributed by atoms with Gasteiger partial charge in [0.2, 0.25) is 5.91 Å². The van der Waals surface area contributed by atoms with Gasteiger partial charge in [-0.3, -0.25) is 14.6 Å². The summed E-state index contributed by atoms with van der Waals surface area (Å²) in [6.07, 6.45) is 0. The van der Waals surface area contributed by atoms with E-state index in [9.17, 15) is 10.1 Å². The van der Waals surface area contributed by atoms with Crippen LogP contribution in [0.5, 0.6) is 0 Å². The standard InChI is InChI=1S/C20H22N4O/c21-14-17-6-4-5-7-18(17)15-23-10-12-24(13-11-23)16-20(25)22-19-8-2-1-3-9-19/h1-9H,10-13,15-16H2,(H,22,25). The number of anilines is 1. The van der Waals surface area contributed by atoms with Crippen LogP contribution in [0.15, 0.2) is 54.6 Å². The van der Waals surface area contributed by atoms with Gasteiger partial charge in [-0.25, -0.2) is 0 Å². The van der Waals surface area contributed by atoms with Gasteiger partial charge in [-0.15, -0.1) is 0 Å². The third-order valence-electron chi connectivity index (χ3n) is 4.42. The molecule has 0 aromatic heterocycles. The summed E-state index contributed by atoms with van der Waals surface area (Å²) in [6.45, 7) is 4.72. The van der Waals surface area contributed by atoms with Gasteiger partial charge in [0.05, 0.1) is 18.2 Å². The number of nitrogens with one attached hydrogen (secondary N) is 1. The third kappa shape index (κ3) is 4.90. The predicted molar refractivity (Wildman–Crippen MR) is 97.9 cm³/mol. The molecule has 2 aromatic rings. The Hall–Kier alpha value is -2.68. The maximum absolute atomic E-state index is 12.1. The average molecular weight is 334 g/mol. The topological polar surface area (TPSA) is 59.4 Å². The number of carbonyl (C=O) groups excluding carboxylic acids is 1. The van der Waals surface area contributed by atoms with E-state index < -0.39 is 0 Å². The summed E-state index contributed by atoms with van der Waals surface area (Å²) < 4.78 is 0. The Labute approximate surface area is 148 Å². The number of para-hydroxylation sites is 1. The van der Waals surface area contributed by atoms with E-state index in [4.69, 9.17) is 0 Å². The van der Waals surface area contributed by atoms with E-state index in [1.165, 1.54) is 0 Å². The zero-order chi connectivity index (χ0) is 17.5. The molecule has 0 aliphatic carbocycles. The van der Waals surface area contributed by atoms with Crippen molar-refractivity contribution in [1.82, 2.24) is 9.80 Å². The van der Waals surface area contributed by atoms with Crippen LogP contribution in [0.3, 0.4) is 0 Å². The highest BCUT2D eigenvalue weighted by Gasteiger charge is 2.19. The minimum Gasteiger partial charge on any atom is -0.325 e. The fraction of sp³-hybridized carbons (Fsp3) is 0.300. The lowest BCUT2D eigenvalue weighted by Crippen LogP contribution is -2.48. The van der Waals surface area contributed by atoms with Crippen LogP contribution in [0, 0.1) is 11.3 Å². The normalized spacial score (nSPS) is 15.5. The van der Waals surface area contributed by atoms with Gasteiger partial charge in [-0.1, -0.05) is 36.4 Å². The predicted octanol–water partition coefficient (Wildman–Crippen LogP) is 2.31. The fourth-order valence-corrected chi connectivity index (χ4v) is 3.04. The molecule has 1 N–H and O–H groups in total. The Kier molecular flexibility index (Phi) is 5.78. The van der Waals surface area contributed by atoms with E-state index in [-0.39, 0.29) is 5.91 Å². The Bertz CT molecular complexity index is 746. The number of carbonyl (C=O) groups is 1. The summed E-state index contributed by atoms with van der Waals surface area (Å²) in [7, 11) is 0. The molecular weight excluding hydrogens is 312 g/mol. The maximum atomic E-state index is 12.1. The summed E-state index contributed by atoms with van der Waals surface area (Å²) in [5, 5.41) is 12.1. The molecule has 2 aromatic carbocycles. The second-order valence-corrected chi connectivity index (χ2v) is 6.24. The summed E-state index contributed by atoms with van der Waals surface area (Å²) >= 11 is 0. The summed E-state index contributed by atoms with van der Waals surface area (Å²) in [5.74, 6) is 0.0227. The lowest BCUT2D eigenvalue weighted by atomic mass is 10.1. The molecule has 0 unspecified atom stereocenters. The minimum atomic E-state index is 0.0227. The number of hydrogen-bond donors (Lipinski definition) is 1. The number of rotatable bonds is 5. The van der Waals surface area contributed by atoms with Gasteiger partial charge in [0.1, 0.15) is 0 Å². The second-order valence-electron chi connectivity index (χ2n) is 6.24. The van der Waals surface area contributed by atoms with Crippen molar-refractivity contribution in [3.63, 3.8) is 0 Å². The van der Waals surface area contributed by atoms with E-state index >= 15 is 0 Å². The first-order valence-electron chi connectivity index (χ1n) is 8.52. The highest BCUT2D eigenvalue weighted by molar-refractivity contribution is 5.92. The molecule has 0 radical (unpaired) electrons. The first kappa shape index (κ1) is 17.2. The van der Waals surface area contributed by atoms with Gasteiger partial charge >= 0.3 is 0 Å². The van der Waals surface area contributed by atoms with Crippen molar-refractivity contribution >= 4 is 11.6 Å². The molecule has 1 amide bonds. The van der Waals surface area contributed by atoms with Gasteiger partial charge in [0.15, 0.2) is 0 Å². The largest absolute Gasteiger partial charge is 0.325 e. The van der Waals surface area contributed by atoms with Crippen LogP contribution in [0.4, 0.5) is 5.69 Å². The first-order valence-corrected chi connectivity index (χ1v) is 8.52. The summed E-state index contributed by atoms with van der Waals surface area (Å²) in [4.78, 5) is 16.6. The van der Waals surface area contributed by atoms with Crippen LogP contribution in [-0.4, -0.2) is 48.4 Å². The molecule has 1 saturated heterocycles. The Morgan fingerprint density at radius 1 is 0.960 bits per heavy atom. The van der Waals surface area contributed by atoms with E-state index in [0.717, 1.165) is 49.5 Å². The quantitative estimate of drug-likeness (QED) is 0.912. The third-order valence-corrected chi connectivity index (χ3v) is 4.42. The summed E-state index contributed by atoms with van der Waals surface area (Å²) in [5.41, 5.74) is 2.65. The fourth-order valence-electron chi connectivity index (χ4n) is 3.04. The molecule has 5 heteroatoms. The van der Waals surface area contributed by atoms with Crippen molar-refractivity contribution in [1.29, 1.82) is 5.26 Å². The zero-order valence-corrected chi connectivity index (χ0v) is 14.2. The molecule has 0 spiro atoms. The monoisotopic (exact) mass is 334 g/mol. The molecule has 1 aliphatic heterocycles. The molecule has 3 rings (SSSR count). The average Bonchev–Trinajstić information content (AvgIpc) is 2.64. The van der Waals surface area contributed by atoms with Crippen molar-refractivity contribution in [2.24, 2.45) is 0 Å². The van der Waals surface area contributed by atoms with E-state index in [0.29, 0.717) is 6.54 Å². The molecule has 1 heterocycles. The van der Waals surface area contributed by atoms with Gasteiger partial charge in [-0.05, 0) is 23.8 Å². The summed E-state index contributed by atoms with van der Waals surface area (Å²) in [6, 6.07) is 19.5. The number of nitrogens with zero attached hydrogens (tertiary/aromatic N) is 3. The molecule has 25 heavy (non-hydrogen) atoms. The van der Waals surface area contributed by atoms with Gasteiger partial charge in [0.25, 0.3) is 0 Å². The number of benzene rings is 2. The molecular formula is C20H22N4O.